The third kappa shape index (κ3) is 4.04. The van der Waals surface area contributed by atoms with E-state index in [1.807, 2.05) is 67.1 Å². The van der Waals surface area contributed by atoms with E-state index in [1.54, 1.807) is 0 Å². The molecule has 2 aromatic carbocycles. The van der Waals surface area contributed by atoms with Crippen LogP contribution in [0.25, 0.3) is 5.69 Å². The Kier molecular flexibility index (Phi) is 5.44. The Hall–Kier alpha value is -1.86. The lowest BCUT2D eigenvalue weighted by Crippen LogP contribution is -2.16. The number of aryl methyl sites for hydroxylation is 1. The molecule has 0 bridgehead atoms. The van der Waals surface area contributed by atoms with Crippen molar-refractivity contribution in [3.8, 4) is 5.69 Å². The molecular formula is C19H17ClIN3O. The number of aromatic nitrogens is 2. The molecule has 1 amide bonds. The first-order valence-electron chi connectivity index (χ1n) is 7.81. The summed E-state index contributed by atoms with van der Waals surface area (Å²) >= 11 is 8.16. The van der Waals surface area contributed by atoms with Crippen LogP contribution in [-0.4, -0.2) is 15.7 Å². The first-order valence-corrected chi connectivity index (χ1v) is 9.27. The van der Waals surface area contributed by atoms with Crippen LogP contribution in [0.3, 0.4) is 0 Å². The lowest BCUT2D eigenvalue weighted by atomic mass is 10.1. The van der Waals surface area contributed by atoms with E-state index in [2.05, 4.69) is 33.0 Å². The van der Waals surface area contributed by atoms with E-state index in [0.717, 1.165) is 31.9 Å². The monoisotopic (exact) mass is 465 g/mol. The number of carbonyl (C=O) groups is 1. The second kappa shape index (κ2) is 7.58. The molecule has 0 unspecified atom stereocenters. The number of hydrogen-bond acceptors (Lipinski definition) is 2. The van der Waals surface area contributed by atoms with Gasteiger partial charge in [0.15, 0.2) is 0 Å². The molecule has 0 spiro atoms. The highest BCUT2D eigenvalue weighted by Crippen LogP contribution is 2.21. The molecule has 1 aromatic heterocycles. The van der Waals surface area contributed by atoms with Crippen molar-refractivity contribution in [2.75, 3.05) is 5.32 Å². The number of carbonyl (C=O) groups excluding carboxylic acids is 1. The topological polar surface area (TPSA) is 46.9 Å². The number of nitrogens with one attached hydrogen (secondary N) is 1. The number of hydrogen-bond donors (Lipinski definition) is 1. The smallest absolute Gasteiger partial charge is 0.228 e. The van der Waals surface area contributed by atoms with E-state index in [1.165, 1.54) is 0 Å². The van der Waals surface area contributed by atoms with Gasteiger partial charge in [-0.1, -0.05) is 23.7 Å². The van der Waals surface area contributed by atoms with Gasteiger partial charge >= 0.3 is 0 Å². The van der Waals surface area contributed by atoms with Crippen LogP contribution < -0.4 is 5.32 Å². The van der Waals surface area contributed by atoms with Crippen LogP contribution in [0.4, 0.5) is 5.69 Å². The third-order valence-corrected chi connectivity index (χ3v) is 5.19. The third-order valence-electron chi connectivity index (χ3n) is 4.00. The quantitative estimate of drug-likeness (QED) is 0.556. The Bertz CT molecular complexity index is 919. The second-order valence-electron chi connectivity index (χ2n) is 5.74. The molecule has 0 aliphatic carbocycles. The Morgan fingerprint density at radius 1 is 1.16 bits per heavy atom. The highest BCUT2D eigenvalue weighted by Gasteiger charge is 2.16. The number of halogens is 2. The minimum atomic E-state index is -0.0500. The maximum Gasteiger partial charge on any atom is 0.228 e. The molecule has 0 saturated heterocycles. The van der Waals surface area contributed by atoms with Gasteiger partial charge in [0.05, 0.1) is 23.5 Å². The number of amides is 1. The van der Waals surface area contributed by atoms with E-state index in [4.69, 9.17) is 11.6 Å². The first kappa shape index (κ1) is 17.9. The molecule has 1 heterocycles. The number of rotatable bonds is 4. The van der Waals surface area contributed by atoms with E-state index in [-0.39, 0.29) is 12.3 Å². The highest BCUT2D eigenvalue weighted by molar-refractivity contribution is 14.1. The van der Waals surface area contributed by atoms with Crippen LogP contribution in [-0.2, 0) is 11.2 Å². The fourth-order valence-electron chi connectivity index (χ4n) is 2.68. The van der Waals surface area contributed by atoms with Crippen LogP contribution in [0.15, 0.2) is 48.5 Å². The predicted molar refractivity (Wildman–Crippen MR) is 110 cm³/mol. The Labute approximate surface area is 165 Å². The number of anilines is 1. The number of benzene rings is 2. The summed E-state index contributed by atoms with van der Waals surface area (Å²) in [5.74, 6) is -0.0500. The van der Waals surface area contributed by atoms with Gasteiger partial charge in [-0.05, 0) is 72.8 Å². The van der Waals surface area contributed by atoms with Gasteiger partial charge in [0, 0.05) is 19.9 Å². The van der Waals surface area contributed by atoms with Gasteiger partial charge in [0.2, 0.25) is 5.91 Å². The molecule has 25 heavy (non-hydrogen) atoms. The van der Waals surface area contributed by atoms with Gasteiger partial charge in [-0.2, -0.15) is 5.10 Å². The Morgan fingerprint density at radius 3 is 2.52 bits per heavy atom. The molecule has 0 saturated carbocycles. The molecule has 6 heteroatoms. The Balaban J connectivity index is 1.82. The normalized spacial score (nSPS) is 10.7. The molecule has 128 valence electrons. The summed E-state index contributed by atoms with van der Waals surface area (Å²) in [6.45, 7) is 3.90. The minimum Gasteiger partial charge on any atom is -0.325 e. The molecule has 0 fully saturated rings. The molecular weight excluding hydrogens is 449 g/mol. The summed E-state index contributed by atoms with van der Waals surface area (Å²) in [4.78, 5) is 12.5. The molecule has 1 N–H and O–H groups in total. The predicted octanol–water partition coefficient (Wildman–Crippen LogP) is 4.93. The zero-order valence-electron chi connectivity index (χ0n) is 13.9. The minimum absolute atomic E-state index is 0.0500. The SMILES string of the molecule is Cc1nn(-c2ccc(Cl)cc2)c(C)c1CC(=O)Nc1ccccc1I. The van der Waals surface area contributed by atoms with Gasteiger partial charge in [-0.25, -0.2) is 4.68 Å². The van der Waals surface area contributed by atoms with Crippen LogP contribution in [0, 0.1) is 17.4 Å². The van der Waals surface area contributed by atoms with Crippen molar-refractivity contribution in [1.82, 2.24) is 9.78 Å². The summed E-state index contributed by atoms with van der Waals surface area (Å²) in [5.41, 5.74) is 4.50. The molecule has 0 aliphatic rings. The van der Waals surface area contributed by atoms with E-state index < -0.39 is 0 Å². The van der Waals surface area contributed by atoms with Gasteiger partial charge in [0.1, 0.15) is 0 Å². The molecule has 0 radical (unpaired) electrons. The molecule has 0 atom stereocenters. The van der Waals surface area contributed by atoms with Crippen molar-refractivity contribution in [3.05, 3.63) is 74.1 Å². The summed E-state index contributed by atoms with van der Waals surface area (Å²) in [6.07, 6.45) is 0.288. The molecule has 0 aliphatic heterocycles. The van der Waals surface area contributed by atoms with Crippen molar-refractivity contribution in [1.29, 1.82) is 0 Å². The average molecular weight is 466 g/mol. The first-order chi connectivity index (χ1) is 12.0. The largest absolute Gasteiger partial charge is 0.325 e. The van der Waals surface area contributed by atoms with Crippen molar-refractivity contribution in [2.45, 2.75) is 20.3 Å². The van der Waals surface area contributed by atoms with Gasteiger partial charge in [0.25, 0.3) is 0 Å². The highest BCUT2D eigenvalue weighted by atomic mass is 127. The number of nitrogens with zero attached hydrogens (tertiary/aromatic N) is 2. The summed E-state index contributed by atoms with van der Waals surface area (Å²) < 4.78 is 2.86. The van der Waals surface area contributed by atoms with Gasteiger partial charge in [-0.15, -0.1) is 0 Å². The van der Waals surface area contributed by atoms with Crippen molar-refractivity contribution < 1.29 is 4.79 Å². The van der Waals surface area contributed by atoms with Crippen molar-refractivity contribution >= 4 is 45.8 Å². The molecule has 3 aromatic rings. The van der Waals surface area contributed by atoms with Crippen molar-refractivity contribution in [3.63, 3.8) is 0 Å². The second-order valence-corrected chi connectivity index (χ2v) is 7.34. The van der Waals surface area contributed by atoms with E-state index >= 15 is 0 Å². The summed E-state index contributed by atoms with van der Waals surface area (Å²) in [5, 5.41) is 8.23. The lowest BCUT2D eigenvalue weighted by molar-refractivity contribution is -0.115. The summed E-state index contributed by atoms with van der Waals surface area (Å²) in [7, 11) is 0. The molecule has 4 nitrogen and oxygen atoms in total. The zero-order chi connectivity index (χ0) is 18.0. The van der Waals surface area contributed by atoms with Crippen LogP contribution in [0.1, 0.15) is 17.0 Å². The fraction of sp³-hybridized carbons (Fsp3) is 0.158. The van der Waals surface area contributed by atoms with Gasteiger partial charge < -0.3 is 5.32 Å². The molecule has 3 rings (SSSR count). The van der Waals surface area contributed by atoms with Gasteiger partial charge in [-0.3, -0.25) is 4.79 Å². The lowest BCUT2D eigenvalue weighted by Gasteiger charge is -2.08. The fourth-order valence-corrected chi connectivity index (χ4v) is 3.33. The maximum atomic E-state index is 12.5. The van der Waals surface area contributed by atoms with Crippen molar-refractivity contribution in [2.24, 2.45) is 0 Å². The van der Waals surface area contributed by atoms with E-state index in [0.29, 0.717) is 5.02 Å². The average Bonchev–Trinajstić information content (AvgIpc) is 2.86. The Morgan fingerprint density at radius 2 is 1.84 bits per heavy atom. The van der Waals surface area contributed by atoms with E-state index in [9.17, 15) is 4.79 Å². The summed E-state index contributed by atoms with van der Waals surface area (Å²) in [6, 6.07) is 15.2. The zero-order valence-corrected chi connectivity index (χ0v) is 16.8. The van der Waals surface area contributed by atoms with Crippen LogP contribution in [0.2, 0.25) is 5.02 Å². The van der Waals surface area contributed by atoms with Crippen LogP contribution in [0.5, 0.6) is 0 Å². The number of para-hydroxylation sites is 1. The maximum absolute atomic E-state index is 12.5. The standard InChI is InChI=1S/C19H17ClIN3O/c1-12-16(11-19(25)22-18-6-4-3-5-17(18)21)13(2)24(23-12)15-9-7-14(20)8-10-15/h3-10H,11H2,1-2H3,(H,22,25). The van der Waals surface area contributed by atoms with Crippen LogP contribution >= 0.6 is 34.2 Å².